The third kappa shape index (κ3) is 2.79. The lowest BCUT2D eigenvalue weighted by molar-refractivity contribution is -0.929. The monoisotopic (exact) mass is 280 g/mol. The quantitative estimate of drug-likeness (QED) is 0.870. The second-order valence-corrected chi connectivity index (χ2v) is 5.59. The van der Waals surface area contributed by atoms with Crippen LogP contribution in [0.15, 0.2) is 27.2 Å². The summed E-state index contributed by atoms with van der Waals surface area (Å²) in [6.07, 6.45) is 4.14. The van der Waals surface area contributed by atoms with Crippen LogP contribution in [0.5, 0.6) is 0 Å². The summed E-state index contributed by atoms with van der Waals surface area (Å²) in [5, 5.41) is 4.40. The molecule has 0 aliphatic carbocycles. The molecule has 0 atom stereocenters. The molecule has 0 radical (unpaired) electrons. The fourth-order valence-electron chi connectivity index (χ4n) is 2.45. The number of piperidine rings is 1. The van der Waals surface area contributed by atoms with Crippen LogP contribution in [0.1, 0.15) is 19.8 Å². The molecule has 1 fully saturated rings. The van der Waals surface area contributed by atoms with Gasteiger partial charge in [-0.15, -0.1) is 5.10 Å². The molecule has 1 saturated heterocycles. The van der Waals surface area contributed by atoms with Crippen molar-refractivity contribution in [2.24, 2.45) is 5.92 Å². The van der Waals surface area contributed by atoms with Crippen molar-refractivity contribution >= 4 is 12.2 Å². The van der Waals surface area contributed by atoms with E-state index in [1.807, 2.05) is 12.1 Å². The number of rotatable bonds is 3. The van der Waals surface area contributed by atoms with Gasteiger partial charge in [-0.05, 0) is 43.1 Å². The Morgan fingerprint density at radius 3 is 2.95 bits per heavy atom. The van der Waals surface area contributed by atoms with Gasteiger partial charge in [-0.2, -0.15) is 4.68 Å². The minimum atomic E-state index is 0.414. The van der Waals surface area contributed by atoms with Crippen LogP contribution >= 0.6 is 12.2 Å². The van der Waals surface area contributed by atoms with Crippen LogP contribution in [0.25, 0.3) is 11.7 Å². The largest absolute Gasteiger partial charge is 0.459 e. The summed E-state index contributed by atoms with van der Waals surface area (Å²) < 4.78 is 12.5. The summed E-state index contributed by atoms with van der Waals surface area (Å²) in [5.41, 5.74) is 0. The number of nitrogens with zero attached hydrogens (tertiary/aromatic N) is 2. The summed E-state index contributed by atoms with van der Waals surface area (Å²) in [5.74, 6) is 1.92. The molecule has 0 spiro atoms. The molecule has 0 aromatic carbocycles. The maximum absolute atomic E-state index is 5.48. The van der Waals surface area contributed by atoms with Crippen molar-refractivity contribution in [2.45, 2.75) is 26.4 Å². The molecule has 19 heavy (non-hydrogen) atoms. The highest BCUT2D eigenvalue weighted by Crippen LogP contribution is 2.17. The first-order valence-electron chi connectivity index (χ1n) is 6.68. The molecule has 1 aliphatic rings. The summed E-state index contributed by atoms with van der Waals surface area (Å²) in [4.78, 5) is 1.92. The smallest absolute Gasteiger partial charge is 0.292 e. The fourth-order valence-corrected chi connectivity index (χ4v) is 2.63. The summed E-state index contributed by atoms with van der Waals surface area (Å²) in [6, 6.07) is 3.63. The molecule has 3 rings (SSSR count). The molecule has 2 aromatic heterocycles. The number of nitrogens with one attached hydrogen (secondary N) is 1. The fraction of sp³-hybridized carbons (Fsp3) is 0.538. The molecule has 5 nitrogen and oxygen atoms in total. The van der Waals surface area contributed by atoms with Gasteiger partial charge < -0.3 is 13.7 Å². The molecular weight excluding hydrogens is 262 g/mol. The molecule has 0 saturated carbocycles. The molecule has 3 heterocycles. The van der Waals surface area contributed by atoms with E-state index in [1.165, 1.54) is 30.8 Å². The summed E-state index contributed by atoms with van der Waals surface area (Å²) >= 11 is 5.22. The highest BCUT2D eigenvalue weighted by Gasteiger charge is 2.20. The normalized spacial score (nSPS) is 23.6. The Labute approximate surface area is 116 Å². The molecule has 102 valence electrons. The Kier molecular flexibility index (Phi) is 3.52. The Bertz CT molecular complexity index is 579. The number of hydrogen-bond acceptors (Lipinski definition) is 4. The molecule has 6 heteroatoms. The van der Waals surface area contributed by atoms with Gasteiger partial charge >= 0.3 is 0 Å². The van der Waals surface area contributed by atoms with Crippen molar-refractivity contribution in [1.29, 1.82) is 0 Å². The van der Waals surface area contributed by atoms with Crippen molar-refractivity contribution in [3.63, 3.8) is 0 Å². The first-order chi connectivity index (χ1) is 9.22. The maximum Gasteiger partial charge on any atom is 0.292 e. The van der Waals surface area contributed by atoms with E-state index in [0.717, 1.165) is 12.6 Å². The number of aromatic nitrogens is 2. The minimum Gasteiger partial charge on any atom is -0.459 e. The van der Waals surface area contributed by atoms with Gasteiger partial charge in [0.15, 0.2) is 12.4 Å². The van der Waals surface area contributed by atoms with Crippen molar-refractivity contribution in [2.75, 3.05) is 13.1 Å². The standard InChI is InChI=1S/C13H17N3O2S/c1-10-4-6-15(7-5-10)9-16-13(19)18-12(14-16)11-3-2-8-17-11/h2-3,8,10H,4-7,9H2,1H3/p+1. The molecule has 1 aliphatic heterocycles. The van der Waals surface area contributed by atoms with Gasteiger partial charge in [-0.3, -0.25) is 0 Å². The Morgan fingerprint density at radius 1 is 1.47 bits per heavy atom. The van der Waals surface area contributed by atoms with Crippen LogP contribution in [0.4, 0.5) is 0 Å². The van der Waals surface area contributed by atoms with Crippen molar-refractivity contribution in [3.05, 3.63) is 23.2 Å². The lowest BCUT2D eigenvalue weighted by Crippen LogP contribution is -3.12. The van der Waals surface area contributed by atoms with Crippen LogP contribution < -0.4 is 4.90 Å². The van der Waals surface area contributed by atoms with E-state index < -0.39 is 0 Å². The lowest BCUT2D eigenvalue weighted by Gasteiger charge is -2.26. The lowest BCUT2D eigenvalue weighted by atomic mass is 10.00. The highest BCUT2D eigenvalue weighted by molar-refractivity contribution is 7.71. The van der Waals surface area contributed by atoms with E-state index in [-0.39, 0.29) is 0 Å². The number of hydrogen-bond donors (Lipinski definition) is 1. The van der Waals surface area contributed by atoms with E-state index in [0.29, 0.717) is 16.5 Å². The van der Waals surface area contributed by atoms with Gasteiger partial charge in [0.1, 0.15) is 0 Å². The van der Waals surface area contributed by atoms with E-state index in [4.69, 9.17) is 21.1 Å². The van der Waals surface area contributed by atoms with Gasteiger partial charge in [-0.25, -0.2) is 0 Å². The van der Waals surface area contributed by atoms with Crippen molar-refractivity contribution in [3.8, 4) is 11.7 Å². The predicted octanol–water partition coefficient (Wildman–Crippen LogP) is 1.74. The first-order valence-corrected chi connectivity index (χ1v) is 7.08. The third-order valence-corrected chi connectivity index (χ3v) is 3.99. The Balaban J connectivity index is 1.73. The van der Waals surface area contributed by atoms with E-state index in [2.05, 4.69) is 12.0 Å². The van der Waals surface area contributed by atoms with Crippen LogP contribution in [-0.2, 0) is 6.67 Å². The van der Waals surface area contributed by atoms with Crippen LogP contribution in [-0.4, -0.2) is 22.9 Å². The van der Waals surface area contributed by atoms with Crippen molar-refractivity contribution in [1.82, 2.24) is 9.78 Å². The average molecular weight is 280 g/mol. The van der Waals surface area contributed by atoms with Crippen LogP contribution in [0.2, 0.25) is 0 Å². The zero-order chi connectivity index (χ0) is 13.2. The highest BCUT2D eigenvalue weighted by atomic mass is 32.1. The predicted molar refractivity (Wildman–Crippen MR) is 72.1 cm³/mol. The molecule has 0 amide bonds. The van der Waals surface area contributed by atoms with Crippen LogP contribution in [0, 0.1) is 10.8 Å². The number of likely N-dealkylation sites (tertiary alicyclic amines) is 1. The SMILES string of the molecule is CC1CC[NH+](Cn2nc(-c3ccco3)oc2=S)CC1. The number of quaternary nitrogens is 1. The molecule has 1 N–H and O–H groups in total. The second-order valence-electron chi connectivity index (χ2n) is 5.24. The summed E-state index contributed by atoms with van der Waals surface area (Å²) in [7, 11) is 0. The second kappa shape index (κ2) is 5.30. The maximum atomic E-state index is 5.48. The Hall–Kier alpha value is -1.40. The van der Waals surface area contributed by atoms with Gasteiger partial charge in [-0.1, -0.05) is 6.92 Å². The first kappa shape index (κ1) is 12.6. The zero-order valence-corrected chi connectivity index (χ0v) is 11.8. The molecule has 0 bridgehead atoms. The molecular formula is C13H18N3O2S+. The van der Waals surface area contributed by atoms with E-state index >= 15 is 0 Å². The van der Waals surface area contributed by atoms with Crippen molar-refractivity contribution < 1.29 is 13.7 Å². The average Bonchev–Trinajstić information content (AvgIpc) is 3.03. The van der Waals surface area contributed by atoms with Gasteiger partial charge in [0.25, 0.3) is 10.7 Å². The van der Waals surface area contributed by atoms with Gasteiger partial charge in [0, 0.05) is 0 Å². The van der Waals surface area contributed by atoms with Gasteiger partial charge in [0.05, 0.1) is 19.4 Å². The summed E-state index contributed by atoms with van der Waals surface area (Å²) in [6.45, 7) is 5.43. The van der Waals surface area contributed by atoms with E-state index in [1.54, 1.807) is 10.9 Å². The topological polar surface area (TPSA) is 48.5 Å². The third-order valence-electron chi connectivity index (χ3n) is 3.69. The van der Waals surface area contributed by atoms with Crippen LogP contribution in [0.3, 0.4) is 0 Å². The zero-order valence-electron chi connectivity index (χ0n) is 11.0. The minimum absolute atomic E-state index is 0.414. The van der Waals surface area contributed by atoms with E-state index in [9.17, 15) is 0 Å². The molecule has 0 unspecified atom stereocenters. The molecule has 2 aromatic rings. The van der Waals surface area contributed by atoms with Gasteiger partial charge in [0.2, 0.25) is 0 Å². The number of furan rings is 1. The Morgan fingerprint density at radius 2 is 2.26 bits per heavy atom.